The zero-order valence-electron chi connectivity index (χ0n) is 14.0. The maximum absolute atomic E-state index is 12.0. The quantitative estimate of drug-likeness (QED) is 0.743. The van der Waals surface area contributed by atoms with E-state index in [1.54, 1.807) is 31.5 Å². The van der Waals surface area contributed by atoms with Gasteiger partial charge in [0.15, 0.2) is 6.61 Å². The van der Waals surface area contributed by atoms with Crippen molar-refractivity contribution in [2.45, 2.75) is 19.9 Å². The summed E-state index contributed by atoms with van der Waals surface area (Å²) in [6.45, 7) is 3.65. The molecule has 2 aromatic heterocycles. The first-order valence-corrected chi connectivity index (χ1v) is 7.84. The highest BCUT2D eigenvalue weighted by Crippen LogP contribution is 2.19. The molecule has 7 nitrogen and oxygen atoms in total. The molecule has 0 fully saturated rings. The summed E-state index contributed by atoms with van der Waals surface area (Å²) in [6.07, 6.45) is 3.18. The second kappa shape index (κ2) is 7.57. The van der Waals surface area contributed by atoms with Crippen LogP contribution in [-0.2, 0) is 4.79 Å². The highest BCUT2D eigenvalue weighted by Gasteiger charge is 2.17. The number of hydrogen-bond donors (Lipinski definition) is 1. The van der Waals surface area contributed by atoms with E-state index in [1.807, 2.05) is 31.2 Å². The van der Waals surface area contributed by atoms with Crippen molar-refractivity contribution >= 4 is 5.91 Å². The van der Waals surface area contributed by atoms with Gasteiger partial charge in [-0.3, -0.25) is 9.78 Å². The fourth-order valence-corrected chi connectivity index (χ4v) is 2.24. The molecule has 0 radical (unpaired) electrons. The summed E-state index contributed by atoms with van der Waals surface area (Å²) < 4.78 is 10.6. The summed E-state index contributed by atoms with van der Waals surface area (Å²) in [5, 5.41) is 6.73. The average molecular weight is 338 g/mol. The first kappa shape index (κ1) is 16.6. The van der Waals surface area contributed by atoms with Crippen LogP contribution in [0.25, 0.3) is 11.4 Å². The van der Waals surface area contributed by atoms with Crippen LogP contribution in [0, 0.1) is 6.92 Å². The fourth-order valence-electron chi connectivity index (χ4n) is 2.24. The summed E-state index contributed by atoms with van der Waals surface area (Å²) in [5.74, 6) is 1.08. The molecule has 7 heteroatoms. The molecular formula is C18H18N4O3. The van der Waals surface area contributed by atoms with Gasteiger partial charge in [0.25, 0.3) is 5.91 Å². The predicted octanol–water partition coefficient (Wildman–Crippen LogP) is 2.70. The number of pyridine rings is 1. The maximum atomic E-state index is 12.0. The van der Waals surface area contributed by atoms with Crippen LogP contribution in [-0.4, -0.2) is 27.6 Å². The van der Waals surface area contributed by atoms with Crippen molar-refractivity contribution in [3.05, 3.63) is 60.2 Å². The lowest BCUT2D eigenvalue weighted by Gasteiger charge is -2.10. The monoisotopic (exact) mass is 338 g/mol. The fraction of sp³-hybridized carbons (Fsp3) is 0.222. The third-order valence-corrected chi connectivity index (χ3v) is 3.47. The number of aromatic nitrogens is 3. The molecule has 3 rings (SSSR count). The van der Waals surface area contributed by atoms with Crippen LogP contribution in [0.15, 0.2) is 53.3 Å². The van der Waals surface area contributed by atoms with E-state index < -0.39 is 6.04 Å². The van der Waals surface area contributed by atoms with Gasteiger partial charge in [0.1, 0.15) is 11.8 Å². The Morgan fingerprint density at radius 2 is 2.20 bits per heavy atom. The summed E-state index contributed by atoms with van der Waals surface area (Å²) in [4.78, 5) is 20.2. The largest absolute Gasteiger partial charge is 0.482 e. The van der Waals surface area contributed by atoms with Crippen LogP contribution in [0.1, 0.15) is 24.4 Å². The molecule has 128 valence electrons. The molecule has 0 aliphatic rings. The Hall–Kier alpha value is -3.22. The van der Waals surface area contributed by atoms with Crippen molar-refractivity contribution < 1.29 is 14.1 Å². The summed E-state index contributed by atoms with van der Waals surface area (Å²) in [5.41, 5.74) is 1.98. The zero-order valence-corrected chi connectivity index (χ0v) is 14.0. The molecule has 1 atom stereocenters. The standard InChI is InChI=1S/C18H18N4O3/c1-12-5-3-6-14(9-12)17-21-18(25-22-17)13(2)20-16(23)11-24-15-7-4-8-19-10-15/h3-10,13H,11H2,1-2H3,(H,20,23)/t13-/m1/s1. The lowest BCUT2D eigenvalue weighted by Crippen LogP contribution is -2.31. The number of benzene rings is 1. The topological polar surface area (TPSA) is 90.1 Å². The van der Waals surface area contributed by atoms with E-state index in [2.05, 4.69) is 20.4 Å². The number of nitrogens with one attached hydrogen (secondary N) is 1. The highest BCUT2D eigenvalue weighted by atomic mass is 16.5. The van der Waals surface area contributed by atoms with Gasteiger partial charge < -0.3 is 14.6 Å². The van der Waals surface area contributed by atoms with Gasteiger partial charge in [-0.15, -0.1) is 0 Å². The number of amides is 1. The lowest BCUT2D eigenvalue weighted by atomic mass is 10.1. The Bertz CT molecular complexity index is 848. The van der Waals surface area contributed by atoms with Crippen molar-refractivity contribution in [1.82, 2.24) is 20.4 Å². The number of hydrogen-bond acceptors (Lipinski definition) is 6. The first-order valence-electron chi connectivity index (χ1n) is 7.84. The van der Waals surface area contributed by atoms with Crippen molar-refractivity contribution in [1.29, 1.82) is 0 Å². The summed E-state index contributed by atoms with van der Waals surface area (Å²) in [6, 6.07) is 10.9. The summed E-state index contributed by atoms with van der Waals surface area (Å²) >= 11 is 0. The summed E-state index contributed by atoms with van der Waals surface area (Å²) in [7, 11) is 0. The molecule has 1 amide bonds. The Kier molecular flexibility index (Phi) is 5.03. The number of carbonyl (C=O) groups is 1. The van der Waals surface area contributed by atoms with Crippen molar-refractivity contribution in [2.24, 2.45) is 0 Å². The van der Waals surface area contributed by atoms with Crippen LogP contribution in [0.4, 0.5) is 0 Å². The predicted molar refractivity (Wildman–Crippen MR) is 90.8 cm³/mol. The van der Waals surface area contributed by atoms with E-state index in [1.165, 1.54) is 0 Å². The molecule has 1 N–H and O–H groups in total. The Morgan fingerprint density at radius 1 is 1.32 bits per heavy atom. The van der Waals surface area contributed by atoms with Crippen molar-refractivity contribution in [3.8, 4) is 17.1 Å². The van der Waals surface area contributed by atoms with Gasteiger partial charge in [-0.2, -0.15) is 4.98 Å². The molecule has 0 aliphatic heterocycles. The Balaban J connectivity index is 1.58. The third-order valence-electron chi connectivity index (χ3n) is 3.47. The Labute approximate surface area is 145 Å². The van der Waals surface area contributed by atoms with Crippen LogP contribution >= 0.6 is 0 Å². The van der Waals surface area contributed by atoms with E-state index in [4.69, 9.17) is 9.26 Å². The molecule has 0 aliphatic carbocycles. The van der Waals surface area contributed by atoms with E-state index in [0.717, 1.165) is 11.1 Å². The van der Waals surface area contributed by atoms with Gasteiger partial charge in [0.2, 0.25) is 11.7 Å². The van der Waals surface area contributed by atoms with Gasteiger partial charge in [0, 0.05) is 11.8 Å². The number of carbonyl (C=O) groups excluding carboxylic acids is 1. The third kappa shape index (κ3) is 4.41. The minimum atomic E-state index is -0.420. The van der Waals surface area contributed by atoms with Crippen LogP contribution < -0.4 is 10.1 Å². The van der Waals surface area contributed by atoms with Crippen LogP contribution in [0.5, 0.6) is 5.75 Å². The maximum Gasteiger partial charge on any atom is 0.258 e. The van der Waals surface area contributed by atoms with Crippen LogP contribution in [0.3, 0.4) is 0 Å². The molecule has 0 unspecified atom stereocenters. The lowest BCUT2D eigenvalue weighted by molar-refractivity contribution is -0.123. The number of aryl methyl sites for hydroxylation is 1. The second-order valence-electron chi connectivity index (χ2n) is 5.59. The van der Waals surface area contributed by atoms with Crippen molar-refractivity contribution in [2.75, 3.05) is 6.61 Å². The molecule has 0 spiro atoms. The van der Waals surface area contributed by atoms with Gasteiger partial charge in [0.05, 0.1) is 6.20 Å². The van der Waals surface area contributed by atoms with Crippen molar-refractivity contribution in [3.63, 3.8) is 0 Å². The zero-order chi connectivity index (χ0) is 17.6. The molecule has 0 saturated heterocycles. The van der Waals surface area contributed by atoms with Gasteiger partial charge in [-0.1, -0.05) is 28.9 Å². The number of nitrogens with zero attached hydrogens (tertiary/aromatic N) is 3. The molecule has 1 aromatic carbocycles. The molecule has 2 heterocycles. The molecule has 25 heavy (non-hydrogen) atoms. The van der Waals surface area contributed by atoms with E-state index in [9.17, 15) is 4.79 Å². The normalized spacial score (nSPS) is 11.8. The smallest absolute Gasteiger partial charge is 0.258 e. The molecular weight excluding hydrogens is 320 g/mol. The average Bonchev–Trinajstić information content (AvgIpc) is 3.11. The van der Waals surface area contributed by atoms with E-state index in [0.29, 0.717) is 17.5 Å². The van der Waals surface area contributed by atoms with Gasteiger partial charge >= 0.3 is 0 Å². The van der Waals surface area contributed by atoms with E-state index in [-0.39, 0.29) is 12.5 Å². The van der Waals surface area contributed by atoms with E-state index >= 15 is 0 Å². The number of rotatable bonds is 6. The molecule has 3 aromatic rings. The Morgan fingerprint density at radius 3 is 2.96 bits per heavy atom. The minimum Gasteiger partial charge on any atom is -0.482 e. The molecule has 0 saturated carbocycles. The second-order valence-corrected chi connectivity index (χ2v) is 5.59. The van der Waals surface area contributed by atoms with Crippen LogP contribution in [0.2, 0.25) is 0 Å². The highest BCUT2D eigenvalue weighted by molar-refractivity contribution is 5.77. The van der Waals surface area contributed by atoms with Gasteiger partial charge in [-0.05, 0) is 32.0 Å². The first-order chi connectivity index (χ1) is 12.1. The SMILES string of the molecule is Cc1cccc(-c2noc([C@@H](C)NC(=O)COc3cccnc3)n2)c1. The number of ether oxygens (including phenoxy) is 1. The molecule has 0 bridgehead atoms. The minimum absolute atomic E-state index is 0.116. The van der Waals surface area contributed by atoms with Gasteiger partial charge in [-0.25, -0.2) is 0 Å².